The molecule has 0 aliphatic heterocycles. The topological polar surface area (TPSA) is 6.48 Å². The largest absolute Gasteiger partial charge is 0.310 e. The fraction of sp³-hybridized carbons (Fsp3) is 0.226. The van der Waals surface area contributed by atoms with Crippen molar-refractivity contribution in [3.63, 3.8) is 0 Å². The number of nitrogens with zero attached hydrogens (tertiary/aromatic N) is 2. The SMILES string of the molecule is Cc1cccc(N(c2cccc(C)c2)c2c(C)cc(-c3c4cc(C(C)(C)C)ccc4c(N(c4cccc(C)c4)c4cccc(C)c4)c4cc(C(C)(C)C)ccc34)c3ccc(C)cc23)c1. The quantitative estimate of drug-likeness (QED) is 0.148. The average Bonchev–Trinajstić information content (AvgIpc) is 3.23. The second-order valence-electron chi connectivity index (χ2n) is 20.4. The van der Waals surface area contributed by atoms with Crippen molar-refractivity contribution in [2.24, 2.45) is 0 Å². The molecule has 0 unspecified atom stereocenters. The summed E-state index contributed by atoms with van der Waals surface area (Å²) in [4.78, 5) is 5.00. The van der Waals surface area contributed by atoms with Gasteiger partial charge in [0.1, 0.15) is 0 Å². The van der Waals surface area contributed by atoms with E-state index < -0.39 is 0 Å². The molecule has 2 heteroatoms. The predicted molar refractivity (Wildman–Crippen MR) is 280 cm³/mol. The Bertz CT molecular complexity index is 3170. The van der Waals surface area contributed by atoms with Gasteiger partial charge in [0.05, 0.1) is 11.4 Å². The van der Waals surface area contributed by atoms with Crippen molar-refractivity contribution in [1.29, 1.82) is 0 Å². The first kappa shape index (κ1) is 42.7. The average molecular weight is 835 g/mol. The van der Waals surface area contributed by atoms with Crippen molar-refractivity contribution in [1.82, 2.24) is 0 Å². The van der Waals surface area contributed by atoms with E-state index >= 15 is 0 Å². The monoisotopic (exact) mass is 834 g/mol. The Morgan fingerprint density at radius 2 is 0.703 bits per heavy atom. The van der Waals surface area contributed by atoms with E-state index in [4.69, 9.17) is 0 Å². The van der Waals surface area contributed by atoms with E-state index in [0.717, 1.165) is 22.7 Å². The first-order valence-electron chi connectivity index (χ1n) is 22.9. The van der Waals surface area contributed by atoms with Gasteiger partial charge in [0.15, 0.2) is 0 Å². The maximum absolute atomic E-state index is 2.52. The molecule has 0 atom stereocenters. The minimum absolute atomic E-state index is 0.0638. The third-order valence-corrected chi connectivity index (χ3v) is 13.0. The molecule has 9 rings (SSSR count). The molecular weight excluding hydrogens is 773 g/mol. The molecule has 0 bridgehead atoms. The Hall–Kier alpha value is -6.64. The molecule has 0 aromatic heterocycles. The molecule has 0 aliphatic rings. The van der Waals surface area contributed by atoms with Gasteiger partial charge in [-0.2, -0.15) is 0 Å². The lowest BCUT2D eigenvalue weighted by molar-refractivity contribution is 0.590. The molecule has 0 saturated carbocycles. The summed E-state index contributed by atoms with van der Waals surface area (Å²) in [6, 6.07) is 60.0. The van der Waals surface area contributed by atoms with Crippen LogP contribution in [0.3, 0.4) is 0 Å². The Morgan fingerprint density at radius 1 is 0.312 bits per heavy atom. The lowest BCUT2D eigenvalue weighted by Gasteiger charge is -2.32. The van der Waals surface area contributed by atoms with Crippen LogP contribution >= 0.6 is 0 Å². The zero-order chi connectivity index (χ0) is 45.2. The van der Waals surface area contributed by atoms with Gasteiger partial charge < -0.3 is 9.80 Å². The second-order valence-corrected chi connectivity index (χ2v) is 20.4. The summed E-state index contributed by atoms with van der Waals surface area (Å²) in [6.07, 6.45) is 0. The molecule has 64 heavy (non-hydrogen) atoms. The summed E-state index contributed by atoms with van der Waals surface area (Å²) in [6.45, 7) is 27.3. The zero-order valence-electron chi connectivity index (χ0n) is 39.9. The van der Waals surface area contributed by atoms with Crippen molar-refractivity contribution in [2.45, 2.75) is 93.9 Å². The van der Waals surface area contributed by atoms with Gasteiger partial charge in [0.2, 0.25) is 0 Å². The van der Waals surface area contributed by atoms with Crippen LogP contribution < -0.4 is 9.80 Å². The van der Waals surface area contributed by atoms with Gasteiger partial charge in [-0.1, -0.05) is 132 Å². The van der Waals surface area contributed by atoms with E-state index in [1.165, 1.54) is 99.3 Å². The third-order valence-electron chi connectivity index (χ3n) is 13.0. The third kappa shape index (κ3) is 7.85. The van der Waals surface area contributed by atoms with Gasteiger partial charge in [-0.3, -0.25) is 0 Å². The van der Waals surface area contributed by atoms with Gasteiger partial charge >= 0.3 is 0 Å². The van der Waals surface area contributed by atoms with Gasteiger partial charge in [-0.25, -0.2) is 0 Å². The molecule has 320 valence electrons. The summed E-state index contributed by atoms with van der Waals surface area (Å²) in [5, 5.41) is 7.45. The molecule has 0 spiro atoms. The van der Waals surface area contributed by atoms with Crippen LogP contribution in [0.25, 0.3) is 43.4 Å². The van der Waals surface area contributed by atoms with Crippen LogP contribution in [0.5, 0.6) is 0 Å². The molecule has 9 aromatic carbocycles. The van der Waals surface area contributed by atoms with Gasteiger partial charge in [-0.15, -0.1) is 0 Å². The molecule has 0 heterocycles. The molecule has 0 N–H and O–H groups in total. The van der Waals surface area contributed by atoms with Crippen LogP contribution in [0, 0.1) is 41.5 Å². The highest BCUT2D eigenvalue weighted by Crippen LogP contribution is 2.53. The Labute approximate surface area is 381 Å². The lowest BCUT2D eigenvalue weighted by atomic mass is 9.80. The molecule has 9 aromatic rings. The fourth-order valence-corrected chi connectivity index (χ4v) is 9.72. The van der Waals surface area contributed by atoms with Crippen molar-refractivity contribution in [3.05, 3.63) is 202 Å². The molecule has 0 fully saturated rings. The smallest absolute Gasteiger partial charge is 0.0618 e. The van der Waals surface area contributed by atoms with E-state index in [-0.39, 0.29) is 10.8 Å². The lowest BCUT2D eigenvalue weighted by Crippen LogP contribution is -2.15. The maximum atomic E-state index is 2.52. The molecular formula is C62H62N2. The van der Waals surface area contributed by atoms with Crippen LogP contribution in [-0.2, 0) is 10.8 Å². The normalized spacial score (nSPS) is 12.1. The number of anilines is 6. The van der Waals surface area contributed by atoms with Crippen molar-refractivity contribution in [3.8, 4) is 11.1 Å². The van der Waals surface area contributed by atoms with Crippen LogP contribution in [0.2, 0.25) is 0 Å². The molecule has 0 radical (unpaired) electrons. The van der Waals surface area contributed by atoms with Gasteiger partial charge in [0.25, 0.3) is 0 Å². The predicted octanol–water partition coefficient (Wildman–Crippen LogP) is 18.2. The van der Waals surface area contributed by atoms with E-state index in [9.17, 15) is 0 Å². The van der Waals surface area contributed by atoms with Crippen LogP contribution in [0.15, 0.2) is 158 Å². The summed E-state index contributed by atoms with van der Waals surface area (Å²) < 4.78 is 0. The second kappa shape index (κ2) is 16.2. The van der Waals surface area contributed by atoms with Crippen LogP contribution in [0.4, 0.5) is 34.1 Å². The van der Waals surface area contributed by atoms with Gasteiger partial charge in [0, 0.05) is 38.9 Å². The minimum atomic E-state index is -0.0650. The number of benzene rings is 9. The van der Waals surface area contributed by atoms with E-state index in [0.29, 0.717) is 0 Å². The van der Waals surface area contributed by atoms with Crippen molar-refractivity contribution >= 4 is 66.4 Å². The minimum Gasteiger partial charge on any atom is -0.310 e. The number of hydrogen-bond donors (Lipinski definition) is 0. The highest BCUT2D eigenvalue weighted by Gasteiger charge is 2.28. The van der Waals surface area contributed by atoms with Crippen molar-refractivity contribution in [2.75, 3.05) is 9.80 Å². The first-order valence-corrected chi connectivity index (χ1v) is 22.9. The van der Waals surface area contributed by atoms with Crippen LogP contribution in [0.1, 0.15) is 86.1 Å². The zero-order valence-corrected chi connectivity index (χ0v) is 39.9. The summed E-state index contributed by atoms with van der Waals surface area (Å²) >= 11 is 0. The van der Waals surface area contributed by atoms with E-state index in [1.54, 1.807) is 0 Å². The number of fused-ring (bicyclic) bond motifs is 3. The maximum Gasteiger partial charge on any atom is 0.0618 e. The number of rotatable bonds is 7. The number of aryl methyl sites for hydroxylation is 6. The Morgan fingerprint density at radius 3 is 1.16 bits per heavy atom. The summed E-state index contributed by atoms with van der Waals surface area (Å²) in [5.41, 5.74) is 19.4. The Kier molecular flexibility index (Phi) is 10.8. The number of hydrogen-bond acceptors (Lipinski definition) is 2. The highest BCUT2D eigenvalue weighted by molar-refractivity contribution is 6.25. The standard InChI is InChI=1S/C62H62N2/c1-39-17-13-21-47(31-39)63(48-22-14-18-40(2)32-48)59-44(6)36-54(51-28-25-43(5)35-56(51)59)58-52-29-26-46(62(10,11)12)38-57(52)60(53-30-27-45(37-55(53)58)61(7,8)9)64(49-23-15-19-41(3)33-49)50-24-16-20-42(4)34-50/h13-38H,1-12H3. The molecule has 0 aliphatic carbocycles. The van der Waals surface area contributed by atoms with E-state index in [1.807, 2.05) is 0 Å². The van der Waals surface area contributed by atoms with E-state index in [2.05, 4.69) is 251 Å². The van der Waals surface area contributed by atoms with Gasteiger partial charge in [-0.05, 0) is 191 Å². The molecule has 2 nitrogen and oxygen atoms in total. The van der Waals surface area contributed by atoms with Crippen LogP contribution in [-0.4, -0.2) is 0 Å². The first-order chi connectivity index (χ1) is 30.5. The van der Waals surface area contributed by atoms with Crippen molar-refractivity contribution < 1.29 is 0 Å². The molecule has 0 saturated heterocycles. The fourth-order valence-electron chi connectivity index (χ4n) is 9.72. The Balaban J connectivity index is 1.47. The highest BCUT2D eigenvalue weighted by atomic mass is 15.2. The summed E-state index contributed by atoms with van der Waals surface area (Å²) in [5.74, 6) is 0. The summed E-state index contributed by atoms with van der Waals surface area (Å²) in [7, 11) is 0. The molecule has 0 amide bonds.